The highest BCUT2D eigenvalue weighted by molar-refractivity contribution is 5.76. The Hall–Kier alpha value is -1.59. The Morgan fingerprint density at radius 1 is 1.14 bits per heavy atom. The van der Waals surface area contributed by atoms with Crippen LogP contribution in [0.3, 0.4) is 0 Å². The van der Waals surface area contributed by atoms with E-state index in [1.807, 2.05) is 0 Å². The van der Waals surface area contributed by atoms with Gasteiger partial charge in [-0.2, -0.15) is 0 Å². The van der Waals surface area contributed by atoms with Crippen molar-refractivity contribution >= 4 is 5.91 Å². The van der Waals surface area contributed by atoms with Crippen LogP contribution in [-0.2, 0) is 22.5 Å². The normalized spacial score (nSPS) is 20.5. The van der Waals surface area contributed by atoms with Gasteiger partial charge in [-0.15, -0.1) is 0 Å². The number of hydrogen-bond acceptors (Lipinski definition) is 4. The number of rotatable bonds is 2. The van der Waals surface area contributed by atoms with E-state index in [2.05, 4.69) is 28.4 Å². The Morgan fingerprint density at radius 2 is 2.10 bits per heavy atom. The van der Waals surface area contributed by atoms with E-state index in [0.717, 1.165) is 38.4 Å². The van der Waals surface area contributed by atoms with Gasteiger partial charge in [0.05, 0.1) is 19.8 Å². The second kappa shape index (κ2) is 6.91. The smallest absolute Gasteiger partial charge is 0.221 e. The van der Waals surface area contributed by atoms with Gasteiger partial charge in [-0.25, -0.2) is 0 Å². The molecule has 2 heterocycles. The second-order valence-electron chi connectivity index (χ2n) is 5.53. The number of carbonyl (C=O) groups excluding carboxylic acids is 1. The van der Waals surface area contributed by atoms with Crippen LogP contribution in [-0.4, -0.2) is 50.3 Å². The fraction of sp³-hybridized carbons (Fsp3) is 0.562. The summed E-state index contributed by atoms with van der Waals surface area (Å²) >= 11 is 0. The van der Waals surface area contributed by atoms with Gasteiger partial charge in [0.15, 0.2) is 0 Å². The molecule has 1 aromatic carbocycles. The van der Waals surface area contributed by atoms with E-state index in [1.54, 1.807) is 0 Å². The van der Waals surface area contributed by atoms with Crippen molar-refractivity contribution in [3.8, 4) is 5.75 Å². The molecule has 0 saturated carbocycles. The molecule has 3 rings (SSSR count). The van der Waals surface area contributed by atoms with Crippen LogP contribution in [0.4, 0.5) is 0 Å². The molecule has 21 heavy (non-hydrogen) atoms. The molecule has 0 aromatic heterocycles. The lowest BCUT2D eigenvalue weighted by molar-refractivity contribution is -0.122. The maximum absolute atomic E-state index is 11.6. The van der Waals surface area contributed by atoms with Crippen molar-refractivity contribution in [2.45, 2.75) is 19.4 Å². The molecular weight excluding hydrogens is 268 g/mol. The first-order valence-corrected chi connectivity index (χ1v) is 7.63. The Labute approximate surface area is 125 Å². The number of nitrogens with zero attached hydrogens (tertiary/aromatic N) is 1. The summed E-state index contributed by atoms with van der Waals surface area (Å²) in [4.78, 5) is 13.9. The van der Waals surface area contributed by atoms with E-state index in [9.17, 15) is 4.79 Å². The molecule has 5 nitrogen and oxygen atoms in total. The summed E-state index contributed by atoms with van der Waals surface area (Å²) in [5.74, 6) is 1.12. The van der Waals surface area contributed by atoms with Crippen LogP contribution < -0.4 is 10.1 Å². The van der Waals surface area contributed by atoms with Gasteiger partial charge in [-0.05, 0) is 17.2 Å². The van der Waals surface area contributed by atoms with E-state index >= 15 is 0 Å². The van der Waals surface area contributed by atoms with Crippen LogP contribution in [0.25, 0.3) is 0 Å². The molecule has 1 aromatic rings. The van der Waals surface area contributed by atoms with Gasteiger partial charge in [-0.3, -0.25) is 9.69 Å². The molecule has 1 saturated heterocycles. The zero-order chi connectivity index (χ0) is 14.5. The van der Waals surface area contributed by atoms with E-state index in [0.29, 0.717) is 26.2 Å². The summed E-state index contributed by atoms with van der Waals surface area (Å²) in [7, 11) is 0. The first-order chi connectivity index (χ1) is 10.3. The highest BCUT2D eigenvalue weighted by Gasteiger charge is 2.15. The molecule has 1 amide bonds. The van der Waals surface area contributed by atoms with Crippen molar-refractivity contribution in [2.75, 3.05) is 39.5 Å². The number of benzene rings is 1. The van der Waals surface area contributed by atoms with Crippen LogP contribution >= 0.6 is 0 Å². The molecule has 0 bridgehead atoms. The van der Waals surface area contributed by atoms with Crippen molar-refractivity contribution < 1.29 is 14.3 Å². The monoisotopic (exact) mass is 290 g/mol. The zero-order valence-corrected chi connectivity index (χ0v) is 12.3. The van der Waals surface area contributed by atoms with Crippen molar-refractivity contribution in [2.24, 2.45) is 0 Å². The summed E-state index contributed by atoms with van der Waals surface area (Å²) in [5, 5.41) is 2.86. The van der Waals surface area contributed by atoms with Gasteiger partial charge < -0.3 is 14.8 Å². The summed E-state index contributed by atoms with van der Waals surface area (Å²) < 4.78 is 11.1. The third-order valence-electron chi connectivity index (χ3n) is 3.94. The Kier molecular flexibility index (Phi) is 4.72. The molecule has 1 N–H and O–H groups in total. The molecule has 0 spiro atoms. The SMILES string of the molecule is O=C1CCN(Cc2ccc3c(c2)CCO3)CCOCCN1. The third-order valence-corrected chi connectivity index (χ3v) is 3.94. The lowest BCUT2D eigenvalue weighted by atomic mass is 10.1. The van der Waals surface area contributed by atoms with E-state index < -0.39 is 0 Å². The average Bonchev–Trinajstić information content (AvgIpc) is 2.95. The number of nitrogens with one attached hydrogen (secondary N) is 1. The van der Waals surface area contributed by atoms with Crippen LogP contribution in [0.2, 0.25) is 0 Å². The largest absolute Gasteiger partial charge is 0.493 e. The first kappa shape index (κ1) is 14.4. The Morgan fingerprint density at radius 3 is 3.05 bits per heavy atom. The molecule has 5 heteroatoms. The number of amides is 1. The van der Waals surface area contributed by atoms with Gasteiger partial charge in [0.1, 0.15) is 5.75 Å². The number of carbonyl (C=O) groups is 1. The average molecular weight is 290 g/mol. The topological polar surface area (TPSA) is 50.8 Å². The zero-order valence-electron chi connectivity index (χ0n) is 12.3. The lowest BCUT2D eigenvalue weighted by Crippen LogP contribution is -2.36. The lowest BCUT2D eigenvalue weighted by Gasteiger charge is -2.23. The van der Waals surface area contributed by atoms with E-state index in [-0.39, 0.29) is 5.91 Å². The van der Waals surface area contributed by atoms with Crippen molar-refractivity contribution in [3.63, 3.8) is 0 Å². The standard InChI is InChI=1S/C16H22N2O3/c19-16-3-6-18(7-10-20-9-5-17-16)12-13-1-2-15-14(11-13)4-8-21-15/h1-2,11H,3-10,12H2,(H,17,19). The molecule has 0 atom stereocenters. The summed E-state index contributed by atoms with van der Waals surface area (Å²) in [6.07, 6.45) is 1.54. The van der Waals surface area contributed by atoms with E-state index in [4.69, 9.17) is 9.47 Å². The predicted octanol–water partition coefficient (Wildman–Crippen LogP) is 0.960. The highest BCUT2D eigenvalue weighted by Crippen LogP contribution is 2.26. The number of ether oxygens (including phenoxy) is 2. The predicted molar refractivity (Wildman–Crippen MR) is 79.4 cm³/mol. The van der Waals surface area contributed by atoms with Gasteiger partial charge in [0.2, 0.25) is 5.91 Å². The highest BCUT2D eigenvalue weighted by atomic mass is 16.5. The molecule has 2 aliphatic rings. The Balaban J connectivity index is 1.62. The fourth-order valence-corrected chi connectivity index (χ4v) is 2.77. The molecule has 0 aliphatic carbocycles. The van der Waals surface area contributed by atoms with Gasteiger partial charge in [0.25, 0.3) is 0 Å². The third kappa shape index (κ3) is 3.95. The van der Waals surface area contributed by atoms with Crippen LogP contribution in [0.1, 0.15) is 17.5 Å². The minimum Gasteiger partial charge on any atom is -0.493 e. The fourth-order valence-electron chi connectivity index (χ4n) is 2.77. The minimum absolute atomic E-state index is 0.104. The number of fused-ring (bicyclic) bond motifs is 1. The quantitative estimate of drug-likeness (QED) is 0.881. The molecular formula is C16H22N2O3. The molecule has 1 fully saturated rings. The Bertz CT molecular complexity index is 504. The second-order valence-corrected chi connectivity index (χ2v) is 5.53. The van der Waals surface area contributed by atoms with Crippen molar-refractivity contribution in [3.05, 3.63) is 29.3 Å². The van der Waals surface area contributed by atoms with Crippen LogP contribution in [0, 0.1) is 0 Å². The molecule has 114 valence electrons. The van der Waals surface area contributed by atoms with Gasteiger partial charge in [-0.1, -0.05) is 12.1 Å². The maximum atomic E-state index is 11.6. The summed E-state index contributed by atoms with van der Waals surface area (Å²) in [6.45, 7) is 5.19. The summed E-state index contributed by atoms with van der Waals surface area (Å²) in [5.41, 5.74) is 2.57. The molecule has 2 aliphatic heterocycles. The maximum Gasteiger partial charge on any atom is 0.221 e. The summed E-state index contributed by atoms with van der Waals surface area (Å²) in [6, 6.07) is 6.40. The first-order valence-electron chi connectivity index (χ1n) is 7.63. The number of hydrogen-bond donors (Lipinski definition) is 1. The van der Waals surface area contributed by atoms with Crippen molar-refractivity contribution in [1.29, 1.82) is 0 Å². The molecule has 0 unspecified atom stereocenters. The van der Waals surface area contributed by atoms with Gasteiger partial charge >= 0.3 is 0 Å². The van der Waals surface area contributed by atoms with Crippen LogP contribution in [0.5, 0.6) is 5.75 Å². The molecule has 0 radical (unpaired) electrons. The van der Waals surface area contributed by atoms with E-state index in [1.165, 1.54) is 11.1 Å². The van der Waals surface area contributed by atoms with Crippen molar-refractivity contribution in [1.82, 2.24) is 10.2 Å². The van der Waals surface area contributed by atoms with Gasteiger partial charge in [0, 0.05) is 39.0 Å². The minimum atomic E-state index is 0.104. The van der Waals surface area contributed by atoms with Crippen LogP contribution in [0.15, 0.2) is 18.2 Å².